The van der Waals surface area contributed by atoms with Crippen LogP contribution in [0, 0.1) is 5.82 Å². The van der Waals surface area contributed by atoms with Crippen LogP contribution in [0.15, 0.2) is 17.5 Å². The first-order valence-corrected chi connectivity index (χ1v) is 4.79. The molecule has 0 N–H and O–H groups in total. The van der Waals surface area contributed by atoms with Crippen LogP contribution in [-0.4, -0.2) is 6.29 Å². The molecule has 0 bridgehead atoms. The topological polar surface area (TPSA) is 17.1 Å². The van der Waals surface area contributed by atoms with Crippen molar-refractivity contribution in [2.75, 3.05) is 0 Å². The van der Waals surface area contributed by atoms with Gasteiger partial charge in [0, 0.05) is 21.0 Å². The second-order valence-corrected chi connectivity index (χ2v) is 3.89. The summed E-state index contributed by atoms with van der Waals surface area (Å²) in [6, 6.07) is 2.59. The van der Waals surface area contributed by atoms with Crippen LogP contribution in [0.25, 0.3) is 10.1 Å². The molecule has 1 nitrogen and oxygen atoms in total. The van der Waals surface area contributed by atoms with E-state index in [1.807, 2.05) is 0 Å². The van der Waals surface area contributed by atoms with Crippen LogP contribution < -0.4 is 0 Å². The number of fused-ring (bicyclic) bond motifs is 1. The smallest absolute Gasteiger partial charge is 0.151 e. The van der Waals surface area contributed by atoms with Gasteiger partial charge in [0.05, 0.1) is 5.02 Å². The maximum atomic E-state index is 12.8. The maximum absolute atomic E-state index is 12.8. The number of benzene rings is 1. The fourth-order valence-corrected chi connectivity index (χ4v) is 2.52. The quantitative estimate of drug-likeness (QED) is 0.664. The molecule has 1 aromatic carbocycles. The molecule has 4 heteroatoms. The lowest BCUT2D eigenvalue weighted by molar-refractivity contribution is 0.112. The standard InChI is InChI=1S/C9H4ClFOS/c10-7-1-6(11)2-8-9(7)5(3-12)4-13-8/h1-4H. The van der Waals surface area contributed by atoms with Gasteiger partial charge in [-0.05, 0) is 12.1 Å². The highest BCUT2D eigenvalue weighted by atomic mass is 35.5. The van der Waals surface area contributed by atoms with E-state index >= 15 is 0 Å². The fraction of sp³-hybridized carbons (Fsp3) is 0. The van der Waals surface area contributed by atoms with E-state index in [0.29, 0.717) is 20.7 Å². The van der Waals surface area contributed by atoms with Crippen molar-refractivity contribution in [1.29, 1.82) is 0 Å². The number of halogens is 2. The Kier molecular flexibility index (Phi) is 2.06. The van der Waals surface area contributed by atoms with Gasteiger partial charge in [-0.15, -0.1) is 11.3 Å². The highest BCUT2D eigenvalue weighted by Gasteiger charge is 2.08. The number of aldehydes is 1. The van der Waals surface area contributed by atoms with E-state index in [9.17, 15) is 9.18 Å². The van der Waals surface area contributed by atoms with Gasteiger partial charge in [-0.1, -0.05) is 11.6 Å². The summed E-state index contributed by atoms with van der Waals surface area (Å²) in [4.78, 5) is 10.6. The molecule has 1 aromatic heterocycles. The fourth-order valence-electron chi connectivity index (χ4n) is 1.20. The predicted molar refractivity (Wildman–Crippen MR) is 52.2 cm³/mol. The zero-order valence-electron chi connectivity index (χ0n) is 6.38. The van der Waals surface area contributed by atoms with Crippen molar-refractivity contribution < 1.29 is 9.18 Å². The van der Waals surface area contributed by atoms with Gasteiger partial charge in [0.1, 0.15) is 5.82 Å². The van der Waals surface area contributed by atoms with Crippen molar-refractivity contribution in [2.24, 2.45) is 0 Å². The van der Waals surface area contributed by atoms with Crippen molar-refractivity contribution in [3.63, 3.8) is 0 Å². The second kappa shape index (κ2) is 3.09. The Bertz CT molecular complexity index is 478. The average molecular weight is 215 g/mol. The third-order valence-electron chi connectivity index (χ3n) is 1.75. The zero-order chi connectivity index (χ0) is 9.42. The molecule has 0 unspecified atom stereocenters. The molecule has 0 spiro atoms. The zero-order valence-corrected chi connectivity index (χ0v) is 7.95. The molecule has 0 saturated heterocycles. The van der Waals surface area contributed by atoms with E-state index in [1.54, 1.807) is 5.38 Å². The van der Waals surface area contributed by atoms with E-state index in [2.05, 4.69) is 0 Å². The summed E-state index contributed by atoms with van der Waals surface area (Å²) in [5.74, 6) is -0.378. The lowest BCUT2D eigenvalue weighted by atomic mass is 10.2. The summed E-state index contributed by atoms with van der Waals surface area (Å²) in [5.41, 5.74) is 0.519. The molecule has 0 radical (unpaired) electrons. The number of carbonyl (C=O) groups excluding carboxylic acids is 1. The minimum Gasteiger partial charge on any atom is -0.298 e. The highest BCUT2D eigenvalue weighted by molar-refractivity contribution is 7.17. The Hall–Kier alpha value is -0.930. The maximum Gasteiger partial charge on any atom is 0.151 e. The number of hydrogen-bond acceptors (Lipinski definition) is 2. The molecule has 2 rings (SSSR count). The molecule has 1 heterocycles. The third kappa shape index (κ3) is 1.34. The number of rotatable bonds is 1. The molecule has 2 aromatic rings. The summed E-state index contributed by atoms with van der Waals surface area (Å²) in [6.45, 7) is 0. The van der Waals surface area contributed by atoms with Crippen molar-refractivity contribution in [2.45, 2.75) is 0 Å². The minimum absolute atomic E-state index is 0.290. The van der Waals surface area contributed by atoms with Gasteiger partial charge < -0.3 is 0 Å². The van der Waals surface area contributed by atoms with Crippen LogP contribution in [0.3, 0.4) is 0 Å². The molecule has 0 amide bonds. The van der Waals surface area contributed by atoms with E-state index in [1.165, 1.54) is 23.5 Å². The molecule has 0 saturated carbocycles. The van der Waals surface area contributed by atoms with Crippen LogP contribution in [0.4, 0.5) is 4.39 Å². The molecule has 13 heavy (non-hydrogen) atoms. The Morgan fingerprint density at radius 3 is 2.92 bits per heavy atom. The Morgan fingerprint density at radius 2 is 2.23 bits per heavy atom. The van der Waals surface area contributed by atoms with Crippen molar-refractivity contribution >= 4 is 39.3 Å². The van der Waals surface area contributed by atoms with Gasteiger partial charge in [0.2, 0.25) is 0 Å². The lowest BCUT2D eigenvalue weighted by Crippen LogP contribution is -1.78. The average Bonchev–Trinajstić information content (AvgIpc) is 2.47. The van der Waals surface area contributed by atoms with Crippen LogP contribution in [0.2, 0.25) is 5.02 Å². The largest absolute Gasteiger partial charge is 0.298 e. The van der Waals surface area contributed by atoms with Gasteiger partial charge in [0.15, 0.2) is 6.29 Å². The monoisotopic (exact) mass is 214 g/mol. The molecular weight excluding hydrogens is 211 g/mol. The van der Waals surface area contributed by atoms with E-state index in [-0.39, 0.29) is 5.82 Å². The predicted octanol–water partition coefficient (Wildman–Crippen LogP) is 3.51. The number of carbonyl (C=O) groups is 1. The van der Waals surface area contributed by atoms with Crippen LogP contribution in [0.1, 0.15) is 10.4 Å². The van der Waals surface area contributed by atoms with E-state index in [0.717, 1.165) is 6.29 Å². The first-order valence-electron chi connectivity index (χ1n) is 3.54. The minimum atomic E-state index is -0.378. The Balaban J connectivity index is 2.89. The SMILES string of the molecule is O=Cc1csc2cc(F)cc(Cl)c12. The summed E-state index contributed by atoms with van der Waals surface area (Å²) < 4.78 is 13.5. The first kappa shape index (κ1) is 8.66. The van der Waals surface area contributed by atoms with Gasteiger partial charge in [-0.2, -0.15) is 0 Å². The van der Waals surface area contributed by atoms with Crippen LogP contribution >= 0.6 is 22.9 Å². The number of thiophene rings is 1. The summed E-state index contributed by atoms with van der Waals surface area (Å²) >= 11 is 7.11. The molecule has 66 valence electrons. The molecule has 0 fully saturated rings. The van der Waals surface area contributed by atoms with Gasteiger partial charge in [-0.3, -0.25) is 4.79 Å². The van der Waals surface area contributed by atoms with Gasteiger partial charge >= 0.3 is 0 Å². The van der Waals surface area contributed by atoms with Crippen molar-refractivity contribution in [3.8, 4) is 0 Å². The second-order valence-electron chi connectivity index (χ2n) is 2.57. The molecule has 0 atom stereocenters. The van der Waals surface area contributed by atoms with Gasteiger partial charge in [-0.25, -0.2) is 4.39 Å². The van der Waals surface area contributed by atoms with Gasteiger partial charge in [0.25, 0.3) is 0 Å². The highest BCUT2D eigenvalue weighted by Crippen LogP contribution is 2.32. The van der Waals surface area contributed by atoms with Crippen molar-refractivity contribution in [3.05, 3.63) is 33.9 Å². The molecule has 0 aliphatic heterocycles. The number of hydrogen-bond donors (Lipinski definition) is 0. The van der Waals surface area contributed by atoms with Crippen LogP contribution in [0.5, 0.6) is 0 Å². The van der Waals surface area contributed by atoms with E-state index in [4.69, 9.17) is 11.6 Å². The van der Waals surface area contributed by atoms with Crippen molar-refractivity contribution in [1.82, 2.24) is 0 Å². The lowest BCUT2D eigenvalue weighted by Gasteiger charge is -1.95. The van der Waals surface area contributed by atoms with E-state index < -0.39 is 0 Å². The Morgan fingerprint density at radius 1 is 1.46 bits per heavy atom. The summed E-state index contributed by atoms with van der Waals surface area (Å²) in [7, 11) is 0. The Labute approximate surface area is 82.7 Å². The molecule has 0 aliphatic carbocycles. The first-order chi connectivity index (χ1) is 6.22. The van der Waals surface area contributed by atoms with Crippen LogP contribution in [-0.2, 0) is 0 Å². The summed E-state index contributed by atoms with van der Waals surface area (Å²) in [6.07, 6.45) is 0.725. The normalized spacial score (nSPS) is 10.6. The third-order valence-corrected chi connectivity index (χ3v) is 2.99. The molecule has 0 aliphatic rings. The summed E-state index contributed by atoms with van der Waals surface area (Å²) in [5, 5.41) is 2.60. The molecular formula is C9H4ClFOS.